The zero-order chi connectivity index (χ0) is 16.5. The van der Waals surface area contributed by atoms with Gasteiger partial charge in [0, 0.05) is 18.1 Å². The lowest BCUT2D eigenvalue weighted by atomic mass is 10.1. The van der Waals surface area contributed by atoms with Crippen LogP contribution < -0.4 is 10.6 Å². The third-order valence-corrected chi connectivity index (χ3v) is 3.69. The van der Waals surface area contributed by atoms with Crippen molar-refractivity contribution in [2.75, 3.05) is 0 Å². The maximum absolute atomic E-state index is 13.2. The maximum Gasteiger partial charge on any atom is 0.407 e. The first-order chi connectivity index (χ1) is 10.2. The van der Waals surface area contributed by atoms with Crippen molar-refractivity contribution in [3.8, 4) is 0 Å². The van der Waals surface area contributed by atoms with Crippen LogP contribution >= 0.6 is 11.6 Å². The van der Waals surface area contributed by atoms with Crippen molar-refractivity contribution in [1.82, 2.24) is 10.6 Å². The number of hydrogen-bond acceptors (Lipinski definition) is 3. The smallest absolute Gasteiger partial charge is 0.407 e. The van der Waals surface area contributed by atoms with Crippen LogP contribution in [0.25, 0.3) is 0 Å². The minimum absolute atomic E-state index is 0.0218. The molecule has 1 aromatic rings. The van der Waals surface area contributed by atoms with E-state index in [9.17, 15) is 9.18 Å². The normalized spacial score (nSPS) is 22.1. The maximum atomic E-state index is 13.2. The van der Waals surface area contributed by atoms with Gasteiger partial charge in [-0.25, -0.2) is 9.18 Å². The highest BCUT2D eigenvalue weighted by atomic mass is 35.5. The summed E-state index contributed by atoms with van der Waals surface area (Å²) in [6.45, 7) is 7.47. The zero-order valence-electron chi connectivity index (χ0n) is 13.2. The van der Waals surface area contributed by atoms with Crippen molar-refractivity contribution >= 4 is 17.7 Å². The molecule has 4 nitrogen and oxygen atoms in total. The van der Waals surface area contributed by atoms with Gasteiger partial charge in [-0.2, -0.15) is 0 Å². The van der Waals surface area contributed by atoms with Gasteiger partial charge in [0.25, 0.3) is 0 Å². The monoisotopic (exact) mass is 328 g/mol. The van der Waals surface area contributed by atoms with E-state index in [0.29, 0.717) is 0 Å². The number of alkyl carbamates (subject to hydrolysis) is 1. The predicted octanol–water partition coefficient (Wildman–Crippen LogP) is 3.80. The molecule has 0 aliphatic heterocycles. The summed E-state index contributed by atoms with van der Waals surface area (Å²) in [4.78, 5) is 11.7. The Morgan fingerprint density at radius 1 is 1.41 bits per heavy atom. The predicted molar refractivity (Wildman–Crippen MR) is 84.5 cm³/mol. The lowest BCUT2D eigenvalue weighted by molar-refractivity contribution is 0.0522. The Kier molecular flexibility index (Phi) is 4.97. The van der Waals surface area contributed by atoms with Crippen LogP contribution in [0.5, 0.6) is 0 Å². The molecule has 3 atom stereocenters. The van der Waals surface area contributed by atoms with Gasteiger partial charge in [-0.15, -0.1) is 0 Å². The molecule has 1 saturated carbocycles. The highest BCUT2D eigenvalue weighted by Gasteiger charge is 2.40. The van der Waals surface area contributed by atoms with Crippen LogP contribution in [0.1, 0.15) is 45.7 Å². The van der Waals surface area contributed by atoms with E-state index in [4.69, 9.17) is 16.3 Å². The second-order valence-corrected chi connectivity index (χ2v) is 7.06. The average molecular weight is 329 g/mol. The molecule has 0 heterocycles. The van der Waals surface area contributed by atoms with E-state index < -0.39 is 17.5 Å². The summed E-state index contributed by atoms with van der Waals surface area (Å²) in [5.41, 5.74) is 0.411. The lowest BCUT2D eigenvalue weighted by Gasteiger charge is -2.20. The third-order valence-electron chi connectivity index (χ3n) is 3.40. The van der Waals surface area contributed by atoms with Crippen molar-refractivity contribution in [3.63, 3.8) is 0 Å². The Morgan fingerprint density at radius 2 is 2.09 bits per heavy atom. The molecule has 22 heavy (non-hydrogen) atoms. The number of benzene rings is 1. The molecule has 0 bridgehead atoms. The molecule has 122 valence electrons. The number of ether oxygens (including phenoxy) is 1. The first-order valence-corrected chi connectivity index (χ1v) is 7.74. The lowest BCUT2D eigenvalue weighted by Crippen LogP contribution is -2.37. The summed E-state index contributed by atoms with van der Waals surface area (Å²) in [7, 11) is 0. The van der Waals surface area contributed by atoms with E-state index in [-0.39, 0.29) is 23.1 Å². The molecule has 3 unspecified atom stereocenters. The quantitative estimate of drug-likeness (QED) is 0.884. The van der Waals surface area contributed by atoms with Gasteiger partial charge in [-0.3, -0.25) is 0 Å². The average Bonchev–Trinajstić information content (AvgIpc) is 3.07. The molecule has 1 aliphatic carbocycles. The van der Waals surface area contributed by atoms with Crippen LogP contribution in [-0.2, 0) is 4.74 Å². The standard InChI is InChI=1S/C16H22ClFN2O2/c1-9(10-5-6-12(18)11(17)7-10)19-13-8-14(13)20-15(21)22-16(2,3)4/h5-7,9,13-14,19H,8H2,1-4H3,(H,20,21). The Bertz CT molecular complexity index is 560. The summed E-state index contributed by atoms with van der Waals surface area (Å²) in [5, 5.41) is 6.33. The second-order valence-electron chi connectivity index (χ2n) is 6.66. The molecule has 1 aliphatic rings. The Labute approximate surface area is 135 Å². The number of halogens is 2. The number of carbonyl (C=O) groups is 1. The molecular weight excluding hydrogens is 307 g/mol. The third kappa shape index (κ3) is 4.85. The van der Waals surface area contributed by atoms with Crippen LogP contribution in [0.3, 0.4) is 0 Å². The van der Waals surface area contributed by atoms with Gasteiger partial charge in [0.15, 0.2) is 0 Å². The minimum Gasteiger partial charge on any atom is -0.444 e. The van der Waals surface area contributed by atoms with E-state index in [0.717, 1.165) is 12.0 Å². The van der Waals surface area contributed by atoms with Crippen LogP contribution in [0.2, 0.25) is 5.02 Å². The van der Waals surface area contributed by atoms with Crippen molar-refractivity contribution in [2.24, 2.45) is 0 Å². The summed E-state index contributed by atoms with van der Waals surface area (Å²) in [5.74, 6) is -0.423. The summed E-state index contributed by atoms with van der Waals surface area (Å²) < 4.78 is 18.4. The van der Waals surface area contributed by atoms with E-state index in [2.05, 4.69) is 10.6 Å². The van der Waals surface area contributed by atoms with E-state index in [1.165, 1.54) is 6.07 Å². The van der Waals surface area contributed by atoms with Crippen molar-refractivity contribution in [3.05, 3.63) is 34.6 Å². The Morgan fingerprint density at radius 3 is 2.68 bits per heavy atom. The van der Waals surface area contributed by atoms with Crippen molar-refractivity contribution in [1.29, 1.82) is 0 Å². The van der Waals surface area contributed by atoms with Crippen LogP contribution in [-0.4, -0.2) is 23.8 Å². The van der Waals surface area contributed by atoms with Gasteiger partial charge in [-0.05, 0) is 51.8 Å². The molecule has 0 saturated heterocycles. The van der Waals surface area contributed by atoms with Crippen molar-refractivity contribution < 1.29 is 13.9 Å². The Hall–Kier alpha value is -1.33. The number of hydrogen-bond donors (Lipinski definition) is 2. The van der Waals surface area contributed by atoms with Crippen LogP contribution in [0.4, 0.5) is 9.18 Å². The first kappa shape index (κ1) is 17.0. The molecule has 2 N–H and O–H groups in total. The number of amides is 1. The van der Waals surface area contributed by atoms with Gasteiger partial charge in [0.05, 0.1) is 5.02 Å². The van der Waals surface area contributed by atoms with E-state index in [1.807, 2.05) is 27.7 Å². The minimum atomic E-state index is -0.500. The van der Waals surface area contributed by atoms with Gasteiger partial charge in [0.1, 0.15) is 11.4 Å². The summed E-state index contributed by atoms with van der Waals surface area (Å²) in [6, 6.07) is 4.96. The van der Waals surface area contributed by atoms with Crippen LogP contribution in [0.15, 0.2) is 18.2 Å². The zero-order valence-corrected chi connectivity index (χ0v) is 14.0. The molecule has 0 aromatic heterocycles. The summed E-state index contributed by atoms with van der Waals surface area (Å²) >= 11 is 5.79. The number of carbonyl (C=O) groups excluding carboxylic acids is 1. The molecule has 1 aromatic carbocycles. The molecule has 6 heteroatoms. The fraction of sp³-hybridized carbons (Fsp3) is 0.562. The van der Waals surface area contributed by atoms with Gasteiger partial charge >= 0.3 is 6.09 Å². The fourth-order valence-corrected chi connectivity index (χ4v) is 2.39. The molecule has 0 radical (unpaired) electrons. The second kappa shape index (κ2) is 6.42. The number of nitrogens with one attached hydrogen (secondary N) is 2. The number of rotatable bonds is 4. The molecule has 1 amide bonds. The molecule has 1 fully saturated rings. The SMILES string of the molecule is CC(NC1CC1NC(=O)OC(C)(C)C)c1ccc(F)c(Cl)c1. The highest BCUT2D eigenvalue weighted by Crippen LogP contribution is 2.27. The summed E-state index contributed by atoms with van der Waals surface area (Å²) in [6.07, 6.45) is 0.442. The Balaban J connectivity index is 1.81. The largest absolute Gasteiger partial charge is 0.444 e. The first-order valence-electron chi connectivity index (χ1n) is 7.36. The van der Waals surface area contributed by atoms with Crippen molar-refractivity contribution in [2.45, 2.75) is 57.8 Å². The molecular formula is C16H22ClFN2O2. The van der Waals surface area contributed by atoms with Gasteiger partial charge in [0.2, 0.25) is 0 Å². The van der Waals surface area contributed by atoms with Gasteiger partial charge < -0.3 is 15.4 Å². The van der Waals surface area contributed by atoms with E-state index in [1.54, 1.807) is 12.1 Å². The van der Waals surface area contributed by atoms with Gasteiger partial charge in [-0.1, -0.05) is 17.7 Å². The molecule has 2 rings (SSSR count). The highest BCUT2D eigenvalue weighted by molar-refractivity contribution is 6.30. The van der Waals surface area contributed by atoms with E-state index >= 15 is 0 Å². The van der Waals surface area contributed by atoms with Crippen LogP contribution in [0, 0.1) is 5.82 Å². The fourth-order valence-electron chi connectivity index (χ4n) is 2.20. The topological polar surface area (TPSA) is 50.4 Å². The molecule has 0 spiro atoms.